The zero-order valence-corrected chi connectivity index (χ0v) is 7.29. The van der Waals surface area contributed by atoms with Crippen LogP contribution in [0.1, 0.15) is 5.56 Å². The molecule has 1 heterocycles. The van der Waals surface area contributed by atoms with E-state index in [0.29, 0.717) is 0 Å². The van der Waals surface area contributed by atoms with E-state index in [9.17, 15) is 0 Å². The summed E-state index contributed by atoms with van der Waals surface area (Å²) in [6.45, 7) is 0. The average molecular weight is 192 g/mol. The van der Waals surface area contributed by atoms with Gasteiger partial charge in [-0.3, -0.25) is 0 Å². The van der Waals surface area contributed by atoms with Crippen molar-refractivity contribution in [3.05, 3.63) is 34.3 Å². The van der Waals surface area contributed by atoms with Crippen LogP contribution in [-0.2, 0) is 0 Å². The number of hydrogen-bond acceptors (Lipinski definition) is 1. The Balaban J connectivity index is 2.54. The molecule has 0 unspecified atom stereocenters. The van der Waals surface area contributed by atoms with Crippen LogP contribution in [0, 0.1) is 0 Å². The third-order valence-electron chi connectivity index (χ3n) is 1.49. The molecule has 0 bridgehead atoms. The summed E-state index contributed by atoms with van der Waals surface area (Å²) in [5.41, 5.74) is 7.01. The van der Waals surface area contributed by atoms with Gasteiger partial charge in [-0.2, -0.15) is 0 Å². The Morgan fingerprint density at radius 1 is 1.20 bits per heavy atom. The van der Waals surface area contributed by atoms with Gasteiger partial charge >= 0.3 is 66.2 Å². The molecule has 0 aliphatic carbocycles. The van der Waals surface area contributed by atoms with Crippen LogP contribution >= 0.6 is 0 Å². The quantitative estimate of drug-likeness (QED) is 0.587. The third-order valence-corrected chi connectivity index (χ3v) is 3.66. The van der Waals surface area contributed by atoms with Gasteiger partial charge in [-0.05, 0) is 0 Å². The van der Waals surface area contributed by atoms with E-state index in [2.05, 4.69) is 30.3 Å². The molecule has 2 rings (SSSR count). The Morgan fingerprint density at radius 2 is 2.00 bits per heavy atom. The molecule has 0 amide bonds. The first-order chi connectivity index (χ1) is 4.86. The van der Waals surface area contributed by atoms with Crippen molar-refractivity contribution in [3.8, 4) is 0 Å². The van der Waals surface area contributed by atoms with Crippen molar-refractivity contribution in [3.63, 3.8) is 0 Å². The first-order valence-electron chi connectivity index (χ1n) is 3.14. The molecular weight excluding hydrogens is 185 g/mol. The van der Waals surface area contributed by atoms with E-state index >= 15 is 0 Å². The predicted octanol–water partition coefficient (Wildman–Crippen LogP) is 0.287. The molecule has 1 aromatic carbocycles. The fourth-order valence-electron chi connectivity index (χ4n) is 1.04. The second-order valence-electron chi connectivity index (χ2n) is 2.24. The molecule has 10 heavy (non-hydrogen) atoms. The van der Waals surface area contributed by atoms with E-state index in [1.54, 1.807) is 0 Å². The summed E-state index contributed by atoms with van der Waals surface area (Å²) < 4.78 is 2.51. The standard InChI is InChI=1S/C8H7AsN/c10-8-5-6-3-1-2-4-7(6)9-8/h1-5H,10H2. The Bertz CT molecular complexity index is 291. The molecule has 2 N–H and O–H groups in total. The zero-order chi connectivity index (χ0) is 6.97. The van der Waals surface area contributed by atoms with Gasteiger partial charge in [0, 0.05) is 0 Å². The topological polar surface area (TPSA) is 26.0 Å². The van der Waals surface area contributed by atoms with Crippen molar-refractivity contribution in [2.75, 3.05) is 0 Å². The van der Waals surface area contributed by atoms with E-state index in [4.69, 9.17) is 5.73 Å². The fourth-order valence-corrected chi connectivity index (χ4v) is 2.95. The number of fused-ring (bicyclic) bond motifs is 1. The summed E-state index contributed by atoms with van der Waals surface area (Å²) in [5.74, 6) is 0. The van der Waals surface area contributed by atoms with E-state index < -0.39 is 0 Å². The molecule has 1 aromatic rings. The Labute approximate surface area is 66.6 Å². The van der Waals surface area contributed by atoms with Gasteiger partial charge in [-0.1, -0.05) is 0 Å². The number of benzene rings is 1. The zero-order valence-electron chi connectivity index (χ0n) is 5.41. The Morgan fingerprint density at radius 3 is 2.80 bits per heavy atom. The molecule has 0 spiro atoms. The summed E-state index contributed by atoms with van der Waals surface area (Å²) in [4.78, 5) is 0. The minimum absolute atomic E-state index is 0.136. The first kappa shape index (κ1) is 6.06. The predicted molar refractivity (Wildman–Crippen MR) is 44.0 cm³/mol. The van der Waals surface area contributed by atoms with Gasteiger partial charge in [0.1, 0.15) is 0 Å². The van der Waals surface area contributed by atoms with Crippen molar-refractivity contribution in [1.29, 1.82) is 0 Å². The van der Waals surface area contributed by atoms with Crippen LogP contribution < -0.4 is 10.1 Å². The van der Waals surface area contributed by atoms with Crippen molar-refractivity contribution < 1.29 is 0 Å². The van der Waals surface area contributed by atoms with E-state index in [0.717, 1.165) is 4.48 Å². The molecule has 49 valence electrons. The fraction of sp³-hybridized carbons (Fsp3) is 0. The van der Waals surface area contributed by atoms with Crippen molar-refractivity contribution in [2.45, 2.75) is 0 Å². The van der Waals surface area contributed by atoms with Crippen molar-refractivity contribution in [1.82, 2.24) is 0 Å². The molecule has 0 saturated heterocycles. The maximum absolute atomic E-state index is 5.69. The third kappa shape index (κ3) is 0.871. The van der Waals surface area contributed by atoms with Crippen molar-refractivity contribution in [2.24, 2.45) is 5.73 Å². The summed E-state index contributed by atoms with van der Waals surface area (Å²) in [5, 5.41) is 0. The van der Waals surface area contributed by atoms with E-state index in [-0.39, 0.29) is 15.8 Å². The SMILES string of the molecule is NC1=Cc2ccccc2[As]1. The summed E-state index contributed by atoms with van der Waals surface area (Å²) in [7, 11) is 0. The van der Waals surface area contributed by atoms with Gasteiger partial charge in [-0.25, -0.2) is 0 Å². The maximum atomic E-state index is 5.69. The van der Waals surface area contributed by atoms with Crippen LogP contribution in [0.25, 0.3) is 6.08 Å². The average Bonchev–Trinajstić information content (AvgIpc) is 2.27. The molecule has 1 aliphatic rings. The van der Waals surface area contributed by atoms with Crippen LogP contribution in [0.4, 0.5) is 0 Å². The molecule has 1 aliphatic heterocycles. The van der Waals surface area contributed by atoms with Gasteiger partial charge in [0.2, 0.25) is 0 Å². The van der Waals surface area contributed by atoms with E-state index in [1.165, 1.54) is 9.91 Å². The van der Waals surface area contributed by atoms with Gasteiger partial charge in [0.25, 0.3) is 0 Å². The van der Waals surface area contributed by atoms with Gasteiger partial charge < -0.3 is 0 Å². The second-order valence-corrected chi connectivity index (χ2v) is 4.80. The van der Waals surface area contributed by atoms with E-state index in [1.807, 2.05) is 0 Å². The number of hydrogen-bond donors (Lipinski definition) is 1. The number of rotatable bonds is 0. The van der Waals surface area contributed by atoms with Gasteiger partial charge in [0.05, 0.1) is 0 Å². The van der Waals surface area contributed by atoms with Gasteiger partial charge in [-0.15, -0.1) is 0 Å². The van der Waals surface area contributed by atoms with Crippen LogP contribution in [0.3, 0.4) is 0 Å². The first-order valence-corrected chi connectivity index (χ1v) is 5.02. The Hall–Kier alpha value is -0.682. The normalized spacial score (nSPS) is 17.0. The van der Waals surface area contributed by atoms with Crippen LogP contribution in [0.15, 0.2) is 28.8 Å². The van der Waals surface area contributed by atoms with Gasteiger partial charge in [0.15, 0.2) is 0 Å². The van der Waals surface area contributed by atoms with Crippen LogP contribution in [-0.4, -0.2) is 15.8 Å². The summed E-state index contributed by atoms with van der Waals surface area (Å²) >= 11 is 0.136. The molecule has 1 nitrogen and oxygen atoms in total. The monoisotopic (exact) mass is 192 g/mol. The second kappa shape index (κ2) is 2.17. The molecule has 0 fully saturated rings. The molecule has 0 atom stereocenters. The van der Waals surface area contributed by atoms with Crippen LogP contribution in [0.2, 0.25) is 0 Å². The number of nitrogens with two attached hydrogens (primary N) is 1. The molecular formula is C8H7AsN. The molecule has 0 saturated carbocycles. The molecule has 0 aromatic heterocycles. The molecule has 2 heteroatoms. The minimum atomic E-state index is 0.136. The summed E-state index contributed by atoms with van der Waals surface area (Å²) in [6.07, 6.45) is 2.08. The van der Waals surface area contributed by atoms with Crippen LogP contribution in [0.5, 0.6) is 0 Å². The molecule has 1 radical (unpaired) electrons. The summed E-state index contributed by atoms with van der Waals surface area (Å²) in [6, 6.07) is 8.40. The van der Waals surface area contributed by atoms with Crippen molar-refractivity contribution >= 4 is 26.2 Å². The Kier molecular flexibility index (Phi) is 1.32.